The topological polar surface area (TPSA) is 66.5 Å². The van der Waals surface area contributed by atoms with Gasteiger partial charge >= 0.3 is 0 Å². The summed E-state index contributed by atoms with van der Waals surface area (Å²) in [4.78, 5) is 12.1. The Balaban J connectivity index is 2.01. The van der Waals surface area contributed by atoms with E-state index in [1.807, 2.05) is 61.5 Å². The second-order valence-corrected chi connectivity index (χ2v) is 7.70. The van der Waals surface area contributed by atoms with Gasteiger partial charge in [0.05, 0.1) is 12.8 Å². The summed E-state index contributed by atoms with van der Waals surface area (Å²) >= 11 is 0. The normalized spacial score (nSPS) is 11.5. The van der Waals surface area contributed by atoms with Crippen LogP contribution >= 0.6 is 0 Å². The van der Waals surface area contributed by atoms with E-state index >= 15 is 0 Å². The van der Waals surface area contributed by atoms with E-state index in [1.165, 1.54) is 4.31 Å². The van der Waals surface area contributed by atoms with Gasteiger partial charge in [-0.2, -0.15) is 4.31 Å². The molecule has 2 aromatic rings. The zero-order chi connectivity index (χ0) is 17.6. The highest BCUT2D eigenvalue weighted by Crippen LogP contribution is 2.12. The minimum atomic E-state index is -3.49. The third-order valence-electron chi connectivity index (χ3n) is 3.73. The first-order valence-corrected chi connectivity index (χ1v) is 9.51. The highest BCUT2D eigenvalue weighted by atomic mass is 32.2. The highest BCUT2D eigenvalue weighted by Gasteiger charge is 2.21. The average molecular weight is 346 g/mol. The Hall–Kier alpha value is -2.18. The summed E-state index contributed by atoms with van der Waals surface area (Å²) < 4.78 is 25.2. The maximum atomic E-state index is 12.1. The van der Waals surface area contributed by atoms with Crippen LogP contribution in [0.25, 0.3) is 0 Å². The highest BCUT2D eigenvalue weighted by molar-refractivity contribution is 7.88. The van der Waals surface area contributed by atoms with E-state index in [9.17, 15) is 13.2 Å². The molecule has 0 aliphatic heterocycles. The van der Waals surface area contributed by atoms with E-state index in [0.29, 0.717) is 6.54 Å². The van der Waals surface area contributed by atoms with Crippen molar-refractivity contribution in [2.24, 2.45) is 0 Å². The van der Waals surface area contributed by atoms with Crippen LogP contribution in [0.3, 0.4) is 0 Å². The molecule has 0 unspecified atom stereocenters. The van der Waals surface area contributed by atoms with Gasteiger partial charge in [-0.15, -0.1) is 0 Å². The molecule has 5 nitrogen and oxygen atoms in total. The van der Waals surface area contributed by atoms with Crippen molar-refractivity contribution >= 4 is 15.9 Å². The Labute approximate surface area is 143 Å². The van der Waals surface area contributed by atoms with Gasteiger partial charge in [0.2, 0.25) is 15.9 Å². The van der Waals surface area contributed by atoms with Crippen LogP contribution in [0, 0.1) is 6.92 Å². The fourth-order valence-corrected chi connectivity index (χ4v) is 3.01. The lowest BCUT2D eigenvalue weighted by Gasteiger charge is -2.20. The van der Waals surface area contributed by atoms with Crippen molar-refractivity contribution in [3.05, 3.63) is 71.3 Å². The van der Waals surface area contributed by atoms with Gasteiger partial charge in [-0.25, -0.2) is 8.42 Å². The van der Waals surface area contributed by atoms with Crippen LogP contribution in [-0.4, -0.2) is 31.4 Å². The molecule has 0 spiro atoms. The van der Waals surface area contributed by atoms with Gasteiger partial charge in [-0.05, 0) is 23.6 Å². The third kappa shape index (κ3) is 5.47. The first kappa shape index (κ1) is 18.2. The summed E-state index contributed by atoms with van der Waals surface area (Å²) in [5.41, 5.74) is 2.85. The molecule has 0 aromatic heterocycles. The van der Waals surface area contributed by atoms with Gasteiger partial charge in [0.15, 0.2) is 0 Å². The number of hydrogen-bond donors (Lipinski definition) is 1. The molecule has 0 heterocycles. The lowest BCUT2D eigenvalue weighted by atomic mass is 10.1. The number of aryl methyl sites for hydroxylation is 1. The number of benzene rings is 2. The first-order valence-electron chi connectivity index (χ1n) is 7.66. The minimum absolute atomic E-state index is 0.185. The van der Waals surface area contributed by atoms with Gasteiger partial charge < -0.3 is 5.32 Å². The van der Waals surface area contributed by atoms with Crippen LogP contribution in [0.5, 0.6) is 0 Å². The van der Waals surface area contributed by atoms with E-state index in [-0.39, 0.29) is 19.0 Å². The van der Waals surface area contributed by atoms with Gasteiger partial charge in [0.1, 0.15) is 0 Å². The second kappa shape index (κ2) is 8.08. The van der Waals surface area contributed by atoms with Crippen LogP contribution in [-0.2, 0) is 27.9 Å². The molecular weight excluding hydrogens is 324 g/mol. The van der Waals surface area contributed by atoms with Crippen molar-refractivity contribution in [2.45, 2.75) is 20.0 Å². The molecule has 0 bridgehead atoms. The summed E-state index contributed by atoms with van der Waals surface area (Å²) in [6.07, 6.45) is 1.12. The van der Waals surface area contributed by atoms with E-state index in [1.54, 1.807) is 0 Å². The number of hydrogen-bond acceptors (Lipinski definition) is 3. The van der Waals surface area contributed by atoms with Crippen LogP contribution in [0.15, 0.2) is 54.6 Å². The molecule has 1 N–H and O–H groups in total. The number of rotatable bonds is 7. The molecule has 0 aliphatic rings. The molecule has 24 heavy (non-hydrogen) atoms. The number of carbonyl (C=O) groups is 1. The van der Waals surface area contributed by atoms with Crippen molar-refractivity contribution in [1.29, 1.82) is 0 Å². The molecule has 1 amide bonds. The second-order valence-electron chi connectivity index (χ2n) is 5.72. The number of sulfonamides is 1. The zero-order valence-corrected chi connectivity index (χ0v) is 14.7. The molecule has 2 rings (SSSR count). The zero-order valence-electron chi connectivity index (χ0n) is 13.9. The SMILES string of the molecule is Cc1ccccc1CN(CC(=O)NCc1ccccc1)S(C)(=O)=O. The molecule has 0 radical (unpaired) electrons. The summed E-state index contributed by atoms with van der Waals surface area (Å²) in [5, 5.41) is 2.76. The van der Waals surface area contributed by atoms with Gasteiger partial charge in [-0.1, -0.05) is 54.6 Å². The molecule has 0 aliphatic carbocycles. The largest absolute Gasteiger partial charge is 0.351 e. The molecule has 2 aromatic carbocycles. The summed E-state index contributed by atoms with van der Waals surface area (Å²) in [6, 6.07) is 17.0. The van der Waals surface area contributed by atoms with Gasteiger partial charge in [0.25, 0.3) is 0 Å². The number of amides is 1. The first-order chi connectivity index (χ1) is 11.4. The lowest BCUT2D eigenvalue weighted by Crippen LogP contribution is -2.39. The van der Waals surface area contributed by atoms with Gasteiger partial charge in [-0.3, -0.25) is 4.79 Å². The molecule has 6 heteroatoms. The van der Waals surface area contributed by atoms with Crippen molar-refractivity contribution in [3.63, 3.8) is 0 Å². The van der Waals surface area contributed by atoms with Crippen molar-refractivity contribution in [3.8, 4) is 0 Å². The van der Waals surface area contributed by atoms with Crippen LogP contribution < -0.4 is 5.32 Å². The number of nitrogens with one attached hydrogen (secondary N) is 1. The van der Waals surface area contributed by atoms with Crippen molar-refractivity contribution in [2.75, 3.05) is 12.8 Å². The average Bonchev–Trinajstić information content (AvgIpc) is 2.54. The smallest absolute Gasteiger partial charge is 0.235 e. The Kier molecular flexibility index (Phi) is 6.11. The monoisotopic (exact) mass is 346 g/mol. The number of carbonyl (C=O) groups excluding carboxylic acids is 1. The van der Waals surface area contributed by atoms with Crippen molar-refractivity contribution < 1.29 is 13.2 Å². The van der Waals surface area contributed by atoms with Crippen LogP contribution in [0.2, 0.25) is 0 Å². The minimum Gasteiger partial charge on any atom is -0.351 e. The lowest BCUT2D eigenvalue weighted by molar-refractivity contribution is -0.121. The summed E-state index contributed by atoms with van der Waals surface area (Å²) in [7, 11) is -3.49. The third-order valence-corrected chi connectivity index (χ3v) is 4.93. The summed E-state index contributed by atoms with van der Waals surface area (Å²) in [6.45, 7) is 2.29. The maximum Gasteiger partial charge on any atom is 0.235 e. The number of nitrogens with zero attached hydrogens (tertiary/aromatic N) is 1. The van der Waals surface area contributed by atoms with Crippen LogP contribution in [0.4, 0.5) is 0 Å². The molecule has 0 saturated heterocycles. The van der Waals surface area contributed by atoms with E-state index < -0.39 is 10.0 Å². The predicted octanol–water partition coefficient (Wildman–Crippen LogP) is 2.07. The Morgan fingerprint density at radius 1 is 1.04 bits per heavy atom. The Morgan fingerprint density at radius 2 is 1.67 bits per heavy atom. The van der Waals surface area contributed by atoms with E-state index in [2.05, 4.69) is 5.32 Å². The molecule has 0 saturated carbocycles. The van der Waals surface area contributed by atoms with E-state index in [0.717, 1.165) is 22.9 Å². The predicted molar refractivity (Wildman–Crippen MR) is 94.7 cm³/mol. The molecule has 128 valence electrons. The fourth-order valence-electron chi connectivity index (χ4n) is 2.28. The summed E-state index contributed by atoms with van der Waals surface area (Å²) in [5.74, 6) is -0.321. The quantitative estimate of drug-likeness (QED) is 0.835. The maximum absolute atomic E-state index is 12.1. The fraction of sp³-hybridized carbons (Fsp3) is 0.278. The Bertz CT molecular complexity index is 789. The molecule has 0 atom stereocenters. The Morgan fingerprint density at radius 3 is 2.29 bits per heavy atom. The van der Waals surface area contributed by atoms with Crippen molar-refractivity contribution in [1.82, 2.24) is 9.62 Å². The van der Waals surface area contributed by atoms with E-state index in [4.69, 9.17) is 0 Å². The van der Waals surface area contributed by atoms with Gasteiger partial charge in [0, 0.05) is 13.1 Å². The molecule has 0 fully saturated rings. The van der Waals surface area contributed by atoms with Crippen LogP contribution in [0.1, 0.15) is 16.7 Å². The standard InChI is InChI=1S/C18H22N2O3S/c1-15-8-6-7-11-17(15)13-20(24(2,22)23)14-18(21)19-12-16-9-4-3-5-10-16/h3-11H,12-14H2,1-2H3,(H,19,21). The molecular formula is C18H22N2O3S.